The van der Waals surface area contributed by atoms with Gasteiger partial charge in [0.15, 0.2) is 0 Å². The smallest absolute Gasteiger partial charge is 0.410 e. The number of carboxylic acids is 1. The molecule has 4 amide bonds. The highest BCUT2D eigenvalue weighted by molar-refractivity contribution is 5.97. The molecule has 0 saturated heterocycles. The Bertz CT molecular complexity index is 1840. The van der Waals surface area contributed by atoms with Crippen molar-refractivity contribution in [1.82, 2.24) is 25.0 Å². The average molecular weight is 798 g/mol. The molecule has 0 bridgehead atoms. The van der Waals surface area contributed by atoms with Crippen molar-refractivity contribution in [3.8, 4) is 0 Å². The molecule has 1 unspecified atom stereocenters. The van der Waals surface area contributed by atoms with E-state index in [0.29, 0.717) is 0 Å². The molecule has 0 radical (unpaired) electrons. The maximum atomic E-state index is 14.8. The SMILES string of the molecule is C/C(=C\[C@H](C(C)C)N(C)C(=O)C(NC(=O)[C@@H](N(C)C(=O)OC(C)(C)C)C(C)(C)c1cn(C)c2ccccc12)C(C)(C)C)C(=O)N[C@@H](CC(=O)O)C(=O)OC(C)(C)C. The van der Waals surface area contributed by atoms with Crippen molar-refractivity contribution in [3.63, 3.8) is 0 Å². The fourth-order valence-corrected chi connectivity index (χ4v) is 6.75. The second kappa shape index (κ2) is 18.1. The lowest BCUT2D eigenvalue weighted by atomic mass is 9.76. The fraction of sp³-hybridized carbons (Fsp3) is 0.628. The highest BCUT2D eigenvalue weighted by Crippen LogP contribution is 2.37. The molecule has 0 aliphatic heterocycles. The van der Waals surface area contributed by atoms with Crippen molar-refractivity contribution in [2.75, 3.05) is 14.1 Å². The van der Waals surface area contributed by atoms with Crippen LogP contribution in [0.5, 0.6) is 0 Å². The summed E-state index contributed by atoms with van der Waals surface area (Å²) in [4.78, 5) is 83.6. The molecule has 1 heterocycles. The third-order valence-corrected chi connectivity index (χ3v) is 9.62. The molecule has 2 aromatic rings. The van der Waals surface area contributed by atoms with Crippen molar-refractivity contribution in [1.29, 1.82) is 0 Å². The Hall–Kier alpha value is -4.88. The zero-order valence-electron chi connectivity index (χ0n) is 37.1. The van der Waals surface area contributed by atoms with Crippen LogP contribution in [-0.4, -0.2) is 105 Å². The van der Waals surface area contributed by atoms with Gasteiger partial charge in [-0.05, 0) is 71.4 Å². The van der Waals surface area contributed by atoms with Gasteiger partial charge in [0.2, 0.25) is 17.7 Å². The van der Waals surface area contributed by atoms with Crippen molar-refractivity contribution >= 4 is 46.7 Å². The van der Waals surface area contributed by atoms with Gasteiger partial charge in [-0.3, -0.25) is 24.1 Å². The highest BCUT2D eigenvalue weighted by atomic mass is 16.6. The van der Waals surface area contributed by atoms with E-state index in [1.54, 1.807) is 54.7 Å². The number of para-hydroxylation sites is 1. The zero-order chi connectivity index (χ0) is 44.2. The molecule has 14 heteroatoms. The molecule has 4 atom stereocenters. The number of carbonyl (C=O) groups is 6. The van der Waals surface area contributed by atoms with Crippen molar-refractivity contribution in [2.24, 2.45) is 18.4 Å². The molecule has 3 N–H and O–H groups in total. The molecule has 0 spiro atoms. The number of likely N-dealkylation sites (N-methyl/N-ethyl adjacent to an activating group) is 2. The Balaban J connectivity index is 2.58. The molecule has 57 heavy (non-hydrogen) atoms. The van der Waals surface area contributed by atoms with E-state index in [2.05, 4.69) is 10.6 Å². The fourth-order valence-electron chi connectivity index (χ4n) is 6.75. The number of fused-ring (bicyclic) bond motifs is 1. The maximum absolute atomic E-state index is 14.8. The molecule has 0 aliphatic rings. The lowest BCUT2D eigenvalue weighted by Crippen LogP contribution is -2.63. The van der Waals surface area contributed by atoms with Gasteiger partial charge in [0.25, 0.3) is 0 Å². The van der Waals surface area contributed by atoms with Crippen LogP contribution >= 0.6 is 0 Å². The third kappa shape index (κ3) is 12.8. The third-order valence-electron chi connectivity index (χ3n) is 9.62. The van der Waals surface area contributed by atoms with E-state index in [9.17, 15) is 33.9 Å². The predicted molar refractivity (Wildman–Crippen MR) is 220 cm³/mol. The van der Waals surface area contributed by atoms with Gasteiger partial charge in [-0.15, -0.1) is 0 Å². The number of benzene rings is 1. The number of nitrogens with one attached hydrogen (secondary N) is 2. The highest BCUT2D eigenvalue weighted by Gasteiger charge is 2.47. The number of carboxylic acid groups (broad SMARTS) is 1. The van der Waals surface area contributed by atoms with Crippen molar-refractivity contribution in [2.45, 2.75) is 144 Å². The number of carbonyl (C=O) groups excluding carboxylic acids is 5. The monoisotopic (exact) mass is 797 g/mol. The summed E-state index contributed by atoms with van der Waals surface area (Å²) < 4.78 is 13.0. The minimum absolute atomic E-state index is 0.138. The Morgan fingerprint density at radius 2 is 1.39 bits per heavy atom. The molecule has 0 saturated carbocycles. The van der Waals surface area contributed by atoms with Crippen LogP contribution in [0.2, 0.25) is 0 Å². The minimum atomic E-state index is -1.44. The van der Waals surface area contributed by atoms with E-state index in [1.165, 1.54) is 23.8 Å². The summed E-state index contributed by atoms with van der Waals surface area (Å²) in [6.07, 6.45) is 2.13. The van der Waals surface area contributed by atoms with Crippen LogP contribution in [0, 0.1) is 11.3 Å². The van der Waals surface area contributed by atoms with Gasteiger partial charge in [-0.1, -0.05) is 72.7 Å². The molecule has 318 valence electrons. The second-order valence-electron chi connectivity index (χ2n) is 18.9. The van der Waals surface area contributed by atoms with E-state index in [0.717, 1.165) is 16.5 Å². The summed E-state index contributed by atoms with van der Waals surface area (Å²) in [6.45, 7) is 24.6. The molecule has 0 fully saturated rings. The summed E-state index contributed by atoms with van der Waals surface area (Å²) in [5, 5.41) is 15.8. The molecule has 2 rings (SSSR count). The molecular weight excluding hydrogens is 730 g/mol. The first kappa shape index (κ1) is 48.3. The van der Waals surface area contributed by atoms with Gasteiger partial charge in [0.05, 0.1) is 12.5 Å². The molecule has 1 aromatic carbocycles. The molecular formula is C43H67N5O9. The van der Waals surface area contributed by atoms with E-state index >= 15 is 0 Å². The van der Waals surface area contributed by atoms with Crippen LogP contribution in [0.25, 0.3) is 10.9 Å². The summed E-state index contributed by atoms with van der Waals surface area (Å²) in [5.41, 5.74) is -1.67. The Morgan fingerprint density at radius 3 is 1.88 bits per heavy atom. The lowest BCUT2D eigenvalue weighted by Gasteiger charge is -2.42. The largest absolute Gasteiger partial charge is 0.481 e. The second-order valence-corrected chi connectivity index (χ2v) is 18.9. The minimum Gasteiger partial charge on any atom is -0.481 e. The number of ether oxygens (including phenoxy) is 2. The standard InChI is InChI=1S/C43H67N5O9/c1-25(2)31(22-26(3)35(51)44-29(23-32(49)50)38(54)56-41(7,8)9)47(16)37(53)33(40(4,5)6)45-36(52)34(48(17)39(55)57-42(10,11)12)43(13,14)28-24-46(15)30-21-19-18-20-27(28)30/h18-22,24-25,29,31,33-34H,23H2,1-17H3,(H,44,51)(H,45,52)(H,49,50)/b26-22+/t29-,31+,33?,34+/m0/s1. The van der Waals surface area contributed by atoms with Gasteiger partial charge in [0.1, 0.15) is 29.3 Å². The number of rotatable bonds is 14. The average Bonchev–Trinajstić information content (AvgIpc) is 3.39. The number of aryl methyl sites for hydroxylation is 1. The van der Waals surface area contributed by atoms with Crippen molar-refractivity contribution < 1.29 is 43.3 Å². The van der Waals surface area contributed by atoms with Gasteiger partial charge >= 0.3 is 18.0 Å². The topological polar surface area (TPSA) is 177 Å². The molecule has 1 aromatic heterocycles. The normalized spacial score (nSPS) is 14.9. The maximum Gasteiger partial charge on any atom is 0.410 e. The van der Waals surface area contributed by atoms with Crippen LogP contribution in [0.15, 0.2) is 42.1 Å². The number of aliphatic carboxylic acids is 1. The first-order valence-corrected chi connectivity index (χ1v) is 19.3. The quantitative estimate of drug-likeness (QED) is 0.154. The first-order chi connectivity index (χ1) is 25.8. The summed E-state index contributed by atoms with van der Waals surface area (Å²) in [7, 11) is 5.01. The molecule has 0 aliphatic carbocycles. The Kier molecular flexibility index (Phi) is 15.4. The Labute approximate surface area is 338 Å². The van der Waals surface area contributed by atoms with Gasteiger partial charge in [-0.25, -0.2) is 9.59 Å². The summed E-state index contributed by atoms with van der Waals surface area (Å²) in [5.74, 6) is -4.13. The zero-order valence-corrected chi connectivity index (χ0v) is 37.1. The van der Waals surface area contributed by atoms with E-state index < -0.39 is 88.4 Å². The van der Waals surface area contributed by atoms with E-state index in [1.807, 2.05) is 90.5 Å². The van der Waals surface area contributed by atoms with Gasteiger partial charge < -0.3 is 34.7 Å². The van der Waals surface area contributed by atoms with Gasteiger partial charge in [0, 0.05) is 49.2 Å². The lowest BCUT2D eigenvalue weighted by molar-refractivity contribution is -0.160. The summed E-state index contributed by atoms with van der Waals surface area (Å²) >= 11 is 0. The number of aromatic nitrogens is 1. The number of hydrogen-bond acceptors (Lipinski definition) is 8. The number of hydrogen-bond donors (Lipinski definition) is 3. The number of nitrogens with zero attached hydrogens (tertiary/aromatic N) is 3. The first-order valence-electron chi connectivity index (χ1n) is 19.3. The van der Waals surface area contributed by atoms with E-state index in [-0.39, 0.29) is 11.5 Å². The van der Waals surface area contributed by atoms with Crippen LogP contribution in [0.4, 0.5) is 4.79 Å². The van der Waals surface area contributed by atoms with Crippen LogP contribution in [0.1, 0.15) is 109 Å². The Morgan fingerprint density at radius 1 is 0.842 bits per heavy atom. The number of esters is 1. The van der Waals surface area contributed by atoms with Crippen LogP contribution in [-0.2, 0) is 45.9 Å². The van der Waals surface area contributed by atoms with Crippen LogP contribution in [0.3, 0.4) is 0 Å². The van der Waals surface area contributed by atoms with Crippen LogP contribution < -0.4 is 10.6 Å². The van der Waals surface area contributed by atoms with Gasteiger partial charge in [-0.2, -0.15) is 0 Å². The predicted octanol–water partition coefficient (Wildman–Crippen LogP) is 5.95. The van der Waals surface area contributed by atoms with Crippen molar-refractivity contribution in [3.05, 3.63) is 47.7 Å². The van der Waals surface area contributed by atoms with E-state index in [4.69, 9.17) is 9.47 Å². The summed E-state index contributed by atoms with van der Waals surface area (Å²) in [6, 6.07) is 3.44. The number of amides is 4. The molecule has 14 nitrogen and oxygen atoms in total.